The van der Waals surface area contributed by atoms with Crippen molar-refractivity contribution < 1.29 is 4.74 Å². The Morgan fingerprint density at radius 2 is 2.05 bits per heavy atom. The molecule has 0 unspecified atom stereocenters. The molecule has 0 aliphatic heterocycles. The molecule has 0 bridgehead atoms. The molecule has 2 N–H and O–H groups in total. The third kappa shape index (κ3) is 2.60. The number of hydrogen-bond acceptors (Lipinski definition) is 6. The van der Waals surface area contributed by atoms with Crippen molar-refractivity contribution in [2.24, 2.45) is 5.73 Å². The Morgan fingerprint density at radius 3 is 2.82 bits per heavy atom. The van der Waals surface area contributed by atoms with Gasteiger partial charge in [-0.05, 0) is 26.0 Å². The van der Waals surface area contributed by atoms with Gasteiger partial charge in [-0.1, -0.05) is 6.07 Å². The molecule has 0 radical (unpaired) electrons. The van der Waals surface area contributed by atoms with E-state index in [1.165, 1.54) is 0 Å². The number of rotatable bonds is 4. The number of nitrogens with two attached hydrogens (primary N) is 1. The maximum absolute atomic E-state index is 5.81. The van der Waals surface area contributed by atoms with Crippen molar-refractivity contribution >= 4 is 10.9 Å². The molecule has 0 atom stereocenters. The molecule has 6 heteroatoms. The van der Waals surface area contributed by atoms with Crippen LogP contribution < -0.4 is 10.5 Å². The summed E-state index contributed by atoms with van der Waals surface area (Å²) in [6.07, 6.45) is 1.62. The number of aryl methyl sites for hydroxylation is 1. The first-order chi connectivity index (χ1) is 10.7. The lowest BCUT2D eigenvalue weighted by molar-refractivity contribution is 0.339. The van der Waals surface area contributed by atoms with Crippen molar-refractivity contribution in [3.8, 4) is 17.0 Å². The maximum atomic E-state index is 5.81. The molecule has 22 heavy (non-hydrogen) atoms. The zero-order valence-electron chi connectivity index (χ0n) is 12.6. The van der Waals surface area contributed by atoms with Gasteiger partial charge < -0.3 is 10.5 Å². The highest BCUT2D eigenvalue weighted by Crippen LogP contribution is 2.29. The number of hydrogen-bond donors (Lipinski definition) is 1. The summed E-state index contributed by atoms with van der Waals surface area (Å²) in [5, 5.41) is 9.08. The van der Waals surface area contributed by atoms with Crippen LogP contribution in [0.1, 0.15) is 18.4 Å². The molecule has 1 aromatic carbocycles. The molecule has 0 aliphatic carbocycles. The van der Waals surface area contributed by atoms with Crippen LogP contribution in [-0.2, 0) is 6.54 Å². The quantitative estimate of drug-likeness (QED) is 0.794. The number of fused-ring (bicyclic) bond motifs is 1. The van der Waals surface area contributed by atoms with Crippen LogP contribution in [0.5, 0.6) is 5.75 Å². The fraction of sp³-hybridized carbons (Fsp3) is 0.250. The van der Waals surface area contributed by atoms with Gasteiger partial charge in [-0.25, -0.2) is 9.97 Å². The SMILES string of the molecule is CCOc1ccnnc1-c1ccc2nc(C)nc(CN)c2c1. The Bertz CT molecular complexity index is 819. The predicted octanol–water partition coefficient (Wildman–Crippen LogP) is 2.25. The van der Waals surface area contributed by atoms with Crippen LogP contribution in [0.3, 0.4) is 0 Å². The standard InChI is InChI=1S/C16H17N5O/c1-3-22-15-6-7-18-21-16(15)11-4-5-13-12(8-11)14(9-17)20-10(2)19-13/h4-8H,3,9,17H2,1-2H3. The molecular formula is C16H17N5O. The molecule has 0 saturated carbocycles. The number of ether oxygens (including phenoxy) is 1. The summed E-state index contributed by atoms with van der Waals surface area (Å²) in [4.78, 5) is 8.85. The van der Waals surface area contributed by atoms with Crippen molar-refractivity contribution in [1.29, 1.82) is 0 Å². The molecule has 0 saturated heterocycles. The zero-order valence-corrected chi connectivity index (χ0v) is 12.6. The molecule has 2 aromatic heterocycles. The van der Waals surface area contributed by atoms with Gasteiger partial charge in [0, 0.05) is 23.6 Å². The van der Waals surface area contributed by atoms with Crippen LogP contribution in [0.2, 0.25) is 0 Å². The molecule has 0 amide bonds. The average Bonchev–Trinajstić information content (AvgIpc) is 2.54. The number of benzene rings is 1. The Labute approximate surface area is 128 Å². The highest BCUT2D eigenvalue weighted by atomic mass is 16.5. The summed E-state index contributed by atoms with van der Waals surface area (Å²) in [5.41, 5.74) is 9.12. The van der Waals surface area contributed by atoms with E-state index in [-0.39, 0.29) is 0 Å². The summed E-state index contributed by atoms with van der Waals surface area (Å²) >= 11 is 0. The zero-order chi connectivity index (χ0) is 15.5. The maximum Gasteiger partial charge on any atom is 0.149 e. The minimum Gasteiger partial charge on any atom is -0.491 e. The summed E-state index contributed by atoms with van der Waals surface area (Å²) in [6.45, 7) is 4.74. The molecule has 3 aromatic rings. The van der Waals surface area contributed by atoms with Crippen molar-refractivity contribution in [2.75, 3.05) is 6.61 Å². The molecule has 0 fully saturated rings. The van der Waals surface area contributed by atoms with E-state index in [9.17, 15) is 0 Å². The molecular weight excluding hydrogens is 278 g/mol. The van der Waals surface area contributed by atoms with Crippen LogP contribution in [0.25, 0.3) is 22.2 Å². The lowest BCUT2D eigenvalue weighted by Gasteiger charge is -2.10. The fourth-order valence-electron chi connectivity index (χ4n) is 2.41. The van der Waals surface area contributed by atoms with Crippen LogP contribution >= 0.6 is 0 Å². The van der Waals surface area contributed by atoms with Gasteiger partial charge in [0.05, 0.1) is 24.0 Å². The minimum absolute atomic E-state index is 0.363. The van der Waals surface area contributed by atoms with Gasteiger partial charge in [0.1, 0.15) is 17.3 Å². The second-order valence-corrected chi connectivity index (χ2v) is 4.83. The molecule has 112 valence electrons. The van der Waals surface area contributed by atoms with E-state index >= 15 is 0 Å². The van der Waals surface area contributed by atoms with Gasteiger partial charge in [-0.3, -0.25) is 0 Å². The smallest absolute Gasteiger partial charge is 0.149 e. The van der Waals surface area contributed by atoms with Crippen molar-refractivity contribution in [3.63, 3.8) is 0 Å². The van der Waals surface area contributed by atoms with Crippen LogP contribution in [0, 0.1) is 6.92 Å². The van der Waals surface area contributed by atoms with Crippen LogP contribution in [-0.4, -0.2) is 26.8 Å². The van der Waals surface area contributed by atoms with Crippen molar-refractivity contribution in [3.05, 3.63) is 42.0 Å². The Balaban J connectivity index is 2.19. The second kappa shape index (κ2) is 6.03. The van der Waals surface area contributed by atoms with Gasteiger partial charge >= 0.3 is 0 Å². The monoisotopic (exact) mass is 295 g/mol. The van der Waals surface area contributed by atoms with Crippen LogP contribution in [0.15, 0.2) is 30.5 Å². The Hall–Kier alpha value is -2.60. The summed E-state index contributed by atoms with van der Waals surface area (Å²) in [7, 11) is 0. The van der Waals surface area contributed by atoms with E-state index in [4.69, 9.17) is 10.5 Å². The highest BCUT2D eigenvalue weighted by Gasteiger charge is 2.11. The second-order valence-electron chi connectivity index (χ2n) is 4.83. The summed E-state index contributed by atoms with van der Waals surface area (Å²) in [6, 6.07) is 7.71. The first-order valence-corrected chi connectivity index (χ1v) is 7.15. The number of nitrogens with zero attached hydrogens (tertiary/aromatic N) is 4. The van der Waals surface area contributed by atoms with E-state index < -0.39 is 0 Å². The summed E-state index contributed by atoms with van der Waals surface area (Å²) < 4.78 is 5.62. The van der Waals surface area contributed by atoms with E-state index in [2.05, 4.69) is 20.2 Å². The van der Waals surface area contributed by atoms with Crippen molar-refractivity contribution in [1.82, 2.24) is 20.2 Å². The van der Waals surface area contributed by atoms with E-state index in [0.29, 0.717) is 24.6 Å². The molecule has 6 nitrogen and oxygen atoms in total. The Morgan fingerprint density at radius 1 is 1.18 bits per heavy atom. The predicted molar refractivity (Wildman–Crippen MR) is 84.4 cm³/mol. The minimum atomic E-state index is 0.363. The third-order valence-electron chi connectivity index (χ3n) is 3.34. The lowest BCUT2D eigenvalue weighted by Crippen LogP contribution is -2.04. The average molecular weight is 295 g/mol. The van der Waals surface area contributed by atoms with Crippen molar-refractivity contribution in [2.45, 2.75) is 20.4 Å². The first kappa shape index (κ1) is 14.3. The largest absolute Gasteiger partial charge is 0.491 e. The molecule has 0 spiro atoms. The third-order valence-corrected chi connectivity index (χ3v) is 3.34. The Kier molecular flexibility index (Phi) is 3.93. The summed E-state index contributed by atoms with van der Waals surface area (Å²) in [5.74, 6) is 1.43. The van der Waals surface area contributed by atoms with Gasteiger partial charge in [-0.2, -0.15) is 5.10 Å². The van der Waals surface area contributed by atoms with Crippen LogP contribution in [0.4, 0.5) is 0 Å². The topological polar surface area (TPSA) is 86.8 Å². The van der Waals surface area contributed by atoms with E-state index in [0.717, 1.165) is 28.0 Å². The number of aromatic nitrogens is 4. The van der Waals surface area contributed by atoms with Gasteiger partial charge in [0.2, 0.25) is 0 Å². The highest BCUT2D eigenvalue weighted by molar-refractivity contribution is 5.86. The molecule has 0 aliphatic rings. The lowest BCUT2D eigenvalue weighted by atomic mass is 10.1. The van der Waals surface area contributed by atoms with Gasteiger partial charge in [0.25, 0.3) is 0 Å². The fourth-order valence-corrected chi connectivity index (χ4v) is 2.41. The molecule has 2 heterocycles. The first-order valence-electron chi connectivity index (χ1n) is 7.15. The van der Waals surface area contributed by atoms with Gasteiger partial charge in [-0.15, -0.1) is 5.10 Å². The normalized spacial score (nSPS) is 10.9. The van der Waals surface area contributed by atoms with E-state index in [1.54, 1.807) is 6.20 Å². The van der Waals surface area contributed by atoms with E-state index in [1.807, 2.05) is 38.1 Å². The van der Waals surface area contributed by atoms with Gasteiger partial charge in [0.15, 0.2) is 0 Å². The molecule has 3 rings (SSSR count).